The first-order chi connectivity index (χ1) is 15.8. The molecule has 8 heteroatoms. The molecule has 0 unspecified atom stereocenters. The molecule has 168 valence electrons. The number of methoxy groups -OCH3 is 1. The van der Waals surface area contributed by atoms with Crippen LogP contribution in [0.15, 0.2) is 88.4 Å². The van der Waals surface area contributed by atoms with Gasteiger partial charge in [-0.1, -0.05) is 42.0 Å². The minimum Gasteiger partial charge on any atom is -0.493 e. The lowest BCUT2D eigenvalue weighted by atomic mass is 10.1. The van der Waals surface area contributed by atoms with Gasteiger partial charge in [-0.15, -0.1) is 0 Å². The monoisotopic (exact) mass is 462 g/mol. The fourth-order valence-corrected chi connectivity index (χ4v) is 4.25. The van der Waals surface area contributed by atoms with E-state index in [4.69, 9.17) is 8.92 Å². The van der Waals surface area contributed by atoms with E-state index in [1.807, 2.05) is 25.1 Å². The average Bonchev–Trinajstić information content (AvgIpc) is 3.09. The van der Waals surface area contributed by atoms with Crippen LogP contribution in [-0.4, -0.2) is 27.1 Å². The Morgan fingerprint density at radius 2 is 1.61 bits per heavy atom. The van der Waals surface area contributed by atoms with Gasteiger partial charge in [0.25, 0.3) is 5.91 Å². The normalized spacial score (nSPS) is 15.0. The number of carbonyl (C=O) groups is 1. The molecule has 0 aliphatic carbocycles. The van der Waals surface area contributed by atoms with Crippen molar-refractivity contribution in [2.75, 3.05) is 12.1 Å². The van der Waals surface area contributed by atoms with Gasteiger partial charge < -0.3 is 8.92 Å². The van der Waals surface area contributed by atoms with Gasteiger partial charge in [0.05, 0.1) is 24.1 Å². The molecule has 33 heavy (non-hydrogen) atoms. The first-order valence-corrected chi connectivity index (χ1v) is 11.6. The smallest absolute Gasteiger partial charge is 0.339 e. The van der Waals surface area contributed by atoms with Crippen LogP contribution in [-0.2, 0) is 14.9 Å². The molecule has 1 aliphatic rings. The summed E-state index contributed by atoms with van der Waals surface area (Å²) in [7, 11) is -2.61. The van der Waals surface area contributed by atoms with Crippen molar-refractivity contribution in [3.05, 3.63) is 89.5 Å². The van der Waals surface area contributed by atoms with Gasteiger partial charge in [-0.3, -0.25) is 4.79 Å². The summed E-state index contributed by atoms with van der Waals surface area (Å²) in [5.41, 5.74) is 3.26. The summed E-state index contributed by atoms with van der Waals surface area (Å²) < 4.78 is 36.0. The van der Waals surface area contributed by atoms with Crippen molar-refractivity contribution in [3.8, 4) is 11.5 Å². The van der Waals surface area contributed by atoms with Crippen LogP contribution in [0.2, 0.25) is 0 Å². The van der Waals surface area contributed by atoms with Gasteiger partial charge in [-0.2, -0.15) is 18.5 Å². The van der Waals surface area contributed by atoms with Crippen molar-refractivity contribution in [3.63, 3.8) is 0 Å². The molecular formula is C25H22N2O5S. The van der Waals surface area contributed by atoms with Gasteiger partial charge in [0, 0.05) is 0 Å². The number of hydrazone groups is 1. The largest absolute Gasteiger partial charge is 0.493 e. The molecule has 4 rings (SSSR count). The maximum absolute atomic E-state index is 12.9. The molecule has 3 aromatic carbocycles. The molecule has 1 aliphatic heterocycles. The Balaban J connectivity index is 1.61. The van der Waals surface area contributed by atoms with Crippen LogP contribution >= 0.6 is 0 Å². The van der Waals surface area contributed by atoms with Crippen molar-refractivity contribution >= 4 is 33.5 Å². The molecule has 1 heterocycles. The molecule has 0 fully saturated rings. The molecule has 0 aromatic heterocycles. The van der Waals surface area contributed by atoms with E-state index in [1.165, 1.54) is 30.3 Å². The third kappa shape index (κ3) is 4.65. The molecule has 1 amide bonds. The van der Waals surface area contributed by atoms with Gasteiger partial charge in [0.2, 0.25) is 0 Å². The number of hydrogen-bond acceptors (Lipinski definition) is 6. The number of hydrogen-bond donors (Lipinski definition) is 0. The lowest BCUT2D eigenvalue weighted by Crippen LogP contribution is -2.21. The van der Waals surface area contributed by atoms with E-state index < -0.39 is 10.1 Å². The second-order valence-electron chi connectivity index (χ2n) is 7.46. The number of aryl methyl sites for hydroxylation is 1. The van der Waals surface area contributed by atoms with Crippen LogP contribution in [0.25, 0.3) is 6.08 Å². The fourth-order valence-electron chi connectivity index (χ4n) is 3.31. The highest BCUT2D eigenvalue weighted by molar-refractivity contribution is 7.87. The zero-order valence-corrected chi connectivity index (χ0v) is 19.2. The highest BCUT2D eigenvalue weighted by Crippen LogP contribution is 2.32. The Hall–Kier alpha value is -3.91. The quantitative estimate of drug-likeness (QED) is 0.396. The Bertz CT molecular complexity index is 1360. The van der Waals surface area contributed by atoms with Crippen molar-refractivity contribution in [1.29, 1.82) is 0 Å². The first-order valence-electron chi connectivity index (χ1n) is 10.1. The summed E-state index contributed by atoms with van der Waals surface area (Å²) in [6.45, 7) is 3.63. The Morgan fingerprint density at radius 3 is 2.27 bits per heavy atom. The molecule has 3 aromatic rings. The van der Waals surface area contributed by atoms with Gasteiger partial charge in [0.1, 0.15) is 4.90 Å². The molecule has 0 N–H and O–H groups in total. The molecule has 0 saturated heterocycles. The fraction of sp³-hybridized carbons (Fsp3) is 0.120. The third-order valence-electron chi connectivity index (χ3n) is 5.07. The summed E-state index contributed by atoms with van der Waals surface area (Å²) >= 11 is 0. The van der Waals surface area contributed by atoms with Gasteiger partial charge in [-0.25, -0.2) is 0 Å². The first kappa shape index (κ1) is 22.3. The van der Waals surface area contributed by atoms with E-state index in [9.17, 15) is 13.2 Å². The summed E-state index contributed by atoms with van der Waals surface area (Å²) in [4.78, 5) is 13.0. The molecular weight excluding hydrogens is 440 g/mol. The Kier molecular flexibility index (Phi) is 6.02. The van der Waals surface area contributed by atoms with Crippen molar-refractivity contribution in [1.82, 2.24) is 0 Å². The molecule has 0 radical (unpaired) electrons. The van der Waals surface area contributed by atoms with Crippen LogP contribution in [0.3, 0.4) is 0 Å². The summed E-state index contributed by atoms with van der Waals surface area (Å²) in [5.74, 6) is 0.0224. The maximum Gasteiger partial charge on any atom is 0.339 e. The number of rotatable bonds is 6. The molecule has 0 spiro atoms. The molecule has 0 saturated carbocycles. The molecule has 0 atom stereocenters. The van der Waals surface area contributed by atoms with Crippen molar-refractivity contribution in [2.45, 2.75) is 18.7 Å². The van der Waals surface area contributed by atoms with Crippen molar-refractivity contribution < 1.29 is 22.1 Å². The predicted octanol–water partition coefficient (Wildman–Crippen LogP) is 4.58. The summed E-state index contributed by atoms with van der Waals surface area (Å²) in [6, 6.07) is 20.3. The second-order valence-corrected chi connectivity index (χ2v) is 9.00. The number of nitrogens with zero attached hydrogens (tertiary/aromatic N) is 2. The lowest BCUT2D eigenvalue weighted by Gasteiger charge is -2.12. The van der Waals surface area contributed by atoms with Gasteiger partial charge in [-0.05, 0) is 61.9 Å². The minimum absolute atomic E-state index is 0.0470. The van der Waals surface area contributed by atoms with E-state index >= 15 is 0 Å². The number of ether oxygens (including phenoxy) is 1. The second kappa shape index (κ2) is 8.91. The van der Waals surface area contributed by atoms with Crippen molar-refractivity contribution in [2.24, 2.45) is 5.10 Å². The van der Waals surface area contributed by atoms with E-state index in [2.05, 4.69) is 5.10 Å². The third-order valence-corrected chi connectivity index (χ3v) is 6.32. The summed E-state index contributed by atoms with van der Waals surface area (Å²) in [6.07, 6.45) is 1.69. The number of anilines is 1. The molecule has 0 bridgehead atoms. The van der Waals surface area contributed by atoms with E-state index in [-0.39, 0.29) is 22.3 Å². The highest BCUT2D eigenvalue weighted by Gasteiger charge is 2.28. The summed E-state index contributed by atoms with van der Waals surface area (Å²) in [5, 5.41) is 5.71. The zero-order valence-electron chi connectivity index (χ0n) is 18.3. The average molecular weight is 463 g/mol. The Morgan fingerprint density at radius 1 is 0.909 bits per heavy atom. The van der Waals surface area contributed by atoms with Crippen LogP contribution in [0.4, 0.5) is 5.69 Å². The standard InChI is InChI=1S/C25H22N2O5S/c1-17-9-12-21(13-10-17)33(29,30)32-23-14-11-19(16-24(23)31-3)15-22-18(2)26-27(25(22)28)20-7-5-4-6-8-20/h4-16H,1-3H3. The highest BCUT2D eigenvalue weighted by atomic mass is 32.2. The van der Waals surface area contributed by atoms with Gasteiger partial charge >= 0.3 is 10.1 Å². The van der Waals surface area contributed by atoms with E-state index in [1.54, 1.807) is 49.4 Å². The van der Waals surface area contributed by atoms with Crippen LogP contribution in [0, 0.1) is 6.92 Å². The number of para-hydroxylation sites is 1. The van der Waals surface area contributed by atoms with E-state index in [0.29, 0.717) is 22.5 Å². The lowest BCUT2D eigenvalue weighted by molar-refractivity contribution is -0.114. The topological polar surface area (TPSA) is 85.3 Å². The van der Waals surface area contributed by atoms with Crippen LogP contribution in [0.1, 0.15) is 18.1 Å². The van der Waals surface area contributed by atoms with Crippen LogP contribution in [0.5, 0.6) is 11.5 Å². The number of carbonyl (C=O) groups excluding carboxylic acids is 1. The zero-order chi connectivity index (χ0) is 23.6. The van der Waals surface area contributed by atoms with E-state index in [0.717, 1.165) is 5.56 Å². The predicted molar refractivity (Wildman–Crippen MR) is 127 cm³/mol. The maximum atomic E-state index is 12.9. The number of amides is 1. The number of benzene rings is 3. The van der Waals surface area contributed by atoms with Gasteiger partial charge in [0.15, 0.2) is 11.5 Å². The van der Waals surface area contributed by atoms with Crippen LogP contribution < -0.4 is 13.9 Å². The SMILES string of the molecule is COc1cc(C=C2C(=O)N(c3ccccc3)N=C2C)ccc1OS(=O)(=O)c1ccc(C)cc1. The Labute approximate surface area is 192 Å². The minimum atomic E-state index is -4.03. The molecule has 7 nitrogen and oxygen atoms in total.